The maximum Gasteiger partial charge on any atom is 0.303 e. The van der Waals surface area contributed by atoms with Crippen molar-refractivity contribution in [2.75, 3.05) is 18.8 Å². The molecule has 0 spiro atoms. The second kappa shape index (κ2) is 5.82. The first kappa shape index (κ1) is 14.4. The lowest BCUT2D eigenvalue weighted by Crippen LogP contribution is -2.28. The lowest BCUT2D eigenvalue weighted by molar-refractivity contribution is -0.137. The molecule has 6 heteroatoms. The summed E-state index contributed by atoms with van der Waals surface area (Å²) < 4.78 is 24.9. The maximum absolute atomic E-state index is 11.7. The fraction of sp³-hybridized carbons (Fsp3) is 0.909. The van der Waals surface area contributed by atoms with Crippen LogP contribution in [0.1, 0.15) is 33.1 Å². The zero-order valence-electron chi connectivity index (χ0n) is 10.4. The van der Waals surface area contributed by atoms with Crippen LogP contribution < -0.4 is 0 Å². The predicted molar refractivity (Wildman–Crippen MR) is 65.2 cm³/mol. The molecule has 1 rings (SSSR count). The van der Waals surface area contributed by atoms with Crippen LogP contribution in [0.4, 0.5) is 0 Å². The van der Waals surface area contributed by atoms with E-state index in [-0.39, 0.29) is 24.0 Å². The van der Waals surface area contributed by atoms with Crippen LogP contribution in [0.15, 0.2) is 0 Å². The molecule has 1 fully saturated rings. The van der Waals surface area contributed by atoms with Gasteiger partial charge in [0.2, 0.25) is 10.0 Å². The molecular weight excluding hydrogens is 242 g/mol. The van der Waals surface area contributed by atoms with E-state index >= 15 is 0 Å². The van der Waals surface area contributed by atoms with Gasteiger partial charge < -0.3 is 5.11 Å². The summed E-state index contributed by atoms with van der Waals surface area (Å²) in [7, 11) is -3.05. The molecule has 0 aromatic rings. The zero-order chi connectivity index (χ0) is 13.1. The Balaban J connectivity index is 2.33. The van der Waals surface area contributed by atoms with Crippen LogP contribution in [-0.2, 0) is 14.8 Å². The molecule has 0 aliphatic carbocycles. The number of carboxylic acid groups (broad SMARTS) is 1. The molecule has 0 aromatic heterocycles. The van der Waals surface area contributed by atoms with Crippen molar-refractivity contribution >= 4 is 16.0 Å². The first-order valence-corrected chi connectivity index (χ1v) is 7.62. The molecule has 17 heavy (non-hydrogen) atoms. The lowest BCUT2D eigenvalue weighted by atomic mass is 10.0. The SMILES string of the molecule is CC(CCC(=O)O)CCN1CC(C)CS1(=O)=O. The molecule has 1 heterocycles. The Hall–Kier alpha value is -0.620. The van der Waals surface area contributed by atoms with Crippen molar-refractivity contribution in [3.05, 3.63) is 0 Å². The molecule has 2 atom stereocenters. The van der Waals surface area contributed by atoms with Crippen LogP contribution in [0.5, 0.6) is 0 Å². The first-order valence-electron chi connectivity index (χ1n) is 6.01. The Morgan fingerprint density at radius 2 is 2.12 bits per heavy atom. The monoisotopic (exact) mass is 263 g/mol. The van der Waals surface area contributed by atoms with Gasteiger partial charge in [0.05, 0.1) is 5.75 Å². The standard InChI is InChI=1S/C11H21NO4S/c1-9(3-4-11(13)14)5-6-12-7-10(2)8-17(12,15)16/h9-10H,3-8H2,1-2H3,(H,13,14). The van der Waals surface area contributed by atoms with Gasteiger partial charge in [0, 0.05) is 19.5 Å². The number of nitrogens with zero attached hydrogens (tertiary/aromatic N) is 1. The molecule has 1 N–H and O–H groups in total. The van der Waals surface area contributed by atoms with Gasteiger partial charge in [-0.05, 0) is 24.7 Å². The van der Waals surface area contributed by atoms with Crippen molar-refractivity contribution in [3.8, 4) is 0 Å². The van der Waals surface area contributed by atoms with Crippen molar-refractivity contribution in [1.82, 2.24) is 4.31 Å². The topological polar surface area (TPSA) is 74.7 Å². The highest BCUT2D eigenvalue weighted by Gasteiger charge is 2.33. The lowest BCUT2D eigenvalue weighted by Gasteiger charge is -2.17. The summed E-state index contributed by atoms with van der Waals surface area (Å²) in [5.41, 5.74) is 0. The number of aliphatic carboxylic acids is 1. The fourth-order valence-corrected chi connectivity index (χ4v) is 3.99. The molecule has 0 amide bonds. The van der Waals surface area contributed by atoms with Crippen molar-refractivity contribution in [3.63, 3.8) is 0 Å². The van der Waals surface area contributed by atoms with E-state index in [2.05, 4.69) is 0 Å². The summed E-state index contributed by atoms with van der Waals surface area (Å²) in [4.78, 5) is 10.4. The molecule has 1 aliphatic rings. The molecule has 100 valence electrons. The highest BCUT2D eigenvalue weighted by Crippen LogP contribution is 2.21. The number of hydrogen-bond donors (Lipinski definition) is 1. The average Bonchev–Trinajstić information content (AvgIpc) is 2.45. The molecule has 0 bridgehead atoms. The minimum absolute atomic E-state index is 0.157. The molecule has 5 nitrogen and oxygen atoms in total. The van der Waals surface area contributed by atoms with Gasteiger partial charge >= 0.3 is 5.97 Å². The largest absolute Gasteiger partial charge is 0.481 e. The Morgan fingerprint density at radius 3 is 2.59 bits per heavy atom. The van der Waals surface area contributed by atoms with Crippen LogP contribution in [-0.4, -0.2) is 42.6 Å². The molecule has 0 saturated carbocycles. The van der Waals surface area contributed by atoms with E-state index in [4.69, 9.17) is 5.11 Å². The molecular formula is C11H21NO4S. The summed E-state index contributed by atoms with van der Waals surface area (Å²) >= 11 is 0. The Kier molecular flexibility index (Phi) is 4.94. The Labute approximate surface area is 103 Å². The highest BCUT2D eigenvalue weighted by atomic mass is 32.2. The highest BCUT2D eigenvalue weighted by molar-refractivity contribution is 7.89. The van der Waals surface area contributed by atoms with Gasteiger partial charge in [0.1, 0.15) is 0 Å². The first-order chi connectivity index (χ1) is 7.81. The Morgan fingerprint density at radius 1 is 1.47 bits per heavy atom. The maximum atomic E-state index is 11.7. The van der Waals surface area contributed by atoms with Crippen LogP contribution in [0.3, 0.4) is 0 Å². The van der Waals surface area contributed by atoms with E-state index in [1.54, 1.807) is 0 Å². The number of rotatable bonds is 6. The molecule has 1 aliphatic heterocycles. The molecule has 2 unspecified atom stereocenters. The number of carboxylic acids is 1. The quantitative estimate of drug-likeness (QED) is 0.780. The second-order valence-corrected chi connectivity index (χ2v) is 7.08. The van der Waals surface area contributed by atoms with Gasteiger partial charge in [0.25, 0.3) is 0 Å². The third-order valence-electron chi connectivity index (χ3n) is 3.13. The average molecular weight is 263 g/mol. The smallest absolute Gasteiger partial charge is 0.303 e. The van der Waals surface area contributed by atoms with E-state index in [1.165, 1.54) is 4.31 Å². The minimum Gasteiger partial charge on any atom is -0.481 e. The third-order valence-corrected chi connectivity index (χ3v) is 5.23. The van der Waals surface area contributed by atoms with Crippen molar-refractivity contribution in [2.24, 2.45) is 11.8 Å². The normalized spacial score (nSPS) is 25.9. The number of sulfonamides is 1. The van der Waals surface area contributed by atoms with Gasteiger partial charge in [-0.3, -0.25) is 4.79 Å². The second-order valence-electron chi connectivity index (χ2n) is 5.07. The van der Waals surface area contributed by atoms with E-state index in [1.807, 2.05) is 13.8 Å². The van der Waals surface area contributed by atoms with Crippen LogP contribution in [0.25, 0.3) is 0 Å². The summed E-state index contributed by atoms with van der Waals surface area (Å²) in [6.45, 7) is 5.03. The molecule has 1 saturated heterocycles. The van der Waals surface area contributed by atoms with E-state index in [0.29, 0.717) is 19.5 Å². The van der Waals surface area contributed by atoms with E-state index < -0.39 is 16.0 Å². The van der Waals surface area contributed by atoms with Gasteiger partial charge in [-0.15, -0.1) is 0 Å². The molecule has 0 radical (unpaired) electrons. The van der Waals surface area contributed by atoms with Gasteiger partial charge in [-0.25, -0.2) is 12.7 Å². The summed E-state index contributed by atoms with van der Waals surface area (Å²) in [6, 6.07) is 0. The number of hydrogen-bond acceptors (Lipinski definition) is 3. The van der Waals surface area contributed by atoms with E-state index in [0.717, 1.165) is 6.42 Å². The fourth-order valence-electron chi connectivity index (χ4n) is 2.09. The minimum atomic E-state index is -3.05. The number of carbonyl (C=O) groups is 1. The van der Waals surface area contributed by atoms with Gasteiger partial charge in [-0.1, -0.05) is 13.8 Å². The summed E-state index contributed by atoms with van der Waals surface area (Å²) in [6.07, 6.45) is 1.50. The summed E-state index contributed by atoms with van der Waals surface area (Å²) in [5, 5.41) is 8.55. The van der Waals surface area contributed by atoms with Crippen molar-refractivity contribution in [2.45, 2.75) is 33.1 Å². The zero-order valence-corrected chi connectivity index (χ0v) is 11.2. The van der Waals surface area contributed by atoms with Crippen molar-refractivity contribution in [1.29, 1.82) is 0 Å². The van der Waals surface area contributed by atoms with Crippen LogP contribution in [0, 0.1) is 11.8 Å². The Bertz CT molecular complexity index is 366. The van der Waals surface area contributed by atoms with Gasteiger partial charge in [-0.2, -0.15) is 0 Å². The third kappa shape index (κ3) is 4.63. The van der Waals surface area contributed by atoms with Crippen LogP contribution >= 0.6 is 0 Å². The predicted octanol–water partition coefficient (Wildman–Crippen LogP) is 1.16. The van der Waals surface area contributed by atoms with Gasteiger partial charge in [0.15, 0.2) is 0 Å². The summed E-state index contributed by atoms with van der Waals surface area (Å²) in [5.74, 6) is -0.0953. The van der Waals surface area contributed by atoms with Crippen LogP contribution in [0.2, 0.25) is 0 Å². The molecule has 0 aromatic carbocycles. The van der Waals surface area contributed by atoms with E-state index in [9.17, 15) is 13.2 Å². The van der Waals surface area contributed by atoms with Crippen molar-refractivity contribution < 1.29 is 18.3 Å².